The lowest BCUT2D eigenvalue weighted by atomic mass is 10.2. The van der Waals surface area contributed by atoms with E-state index < -0.39 is 11.9 Å². The first-order chi connectivity index (χ1) is 14.0. The summed E-state index contributed by atoms with van der Waals surface area (Å²) in [6.45, 7) is 5.65. The highest BCUT2D eigenvalue weighted by Crippen LogP contribution is 2.29. The molecule has 0 unspecified atom stereocenters. The standard InChI is InChI=1S/C20H22N6O2S/c1-13(2)22-19(28)23-17(27)12-29-20-25-24-18(15-8-10-21-11-9-15)26(20)16-7-5-4-6-14(16)3/h4-11,13H,12H2,1-3H3,(H2,22,23,27,28). The van der Waals surface area contributed by atoms with Gasteiger partial charge in [-0.15, -0.1) is 10.2 Å². The molecule has 0 aliphatic rings. The smallest absolute Gasteiger partial charge is 0.321 e. The van der Waals surface area contributed by atoms with Gasteiger partial charge in [0.1, 0.15) is 0 Å². The van der Waals surface area contributed by atoms with Crippen LogP contribution in [-0.2, 0) is 4.79 Å². The van der Waals surface area contributed by atoms with Crippen molar-refractivity contribution < 1.29 is 9.59 Å². The Morgan fingerprint density at radius 2 is 1.83 bits per heavy atom. The molecule has 2 N–H and O–H groups in total. The van der Waals surface area contributed by atoms with Gasteiger partial charge in [0.15, 0.2) is 11.0 Å². The van der Waals surface area contributed by atoms with Crippen molar-refractivity contribution in [2.24, 2.45) is 0 Å². The topological polar surface area (TPSA) is 102 Å². The lowest BCUT2D eigenvalue weighted by Crippen LogP contribution is -2.43. The average Bonchev–Trinajstić information content (AvgIpc) is 3.10. The number of thioether (sulfide) groups is 1. The molecule has 3 amide bonds. The number of aromatic nitrogens is 4. The molecule has 9 heteroatoms. The number of pyridine rings is 1. The van der Waals surface area contributed by atoms with Crippen molar-refractivity contribution in [1.29, 1.82) is 0 Å². The van der Waals surface area contributed by atoms with Crippen LogP contribution in [-0.4, -0.2) is 43.5 Å². The lowest BCUT2D eigenvalue weighted by Gasteiger charge is -2.13. The van der Waals surface area contributed by atoms with Crippen LogP contribution in [0.1, 0.15) is 19.4 Å². The Morgan fingerprint density at radius 3 is 2.52 bits per heavy atom. The van der Waals surface area contributed by atoms with E-state index >= 15 is 0 Å². The number of amides is 3. The molecule has 3 rings (SSSR count). The van der Waals surface area contributed by atoms with Gasteiger partial charge in [0.25, 0.3) is 0 Å². The second kappa shape index (κ2) is 9.33. The van der Waals surface area contributed by atoms with Crippen LogP contribution in [0.15, 0.2) is 53.9 Å². The summed E-state index contributed by atoms with van der Waals surface area (Å²) in [5, 5.41) is 14.1. The van der Waals surface area contributed by atoms with Crippen LogP contribution in [0, 0.1) is 6.92 Å². The third kappa shape index (κ3) is 5.20. The predicted molar refractivity (Wildman–Crippen MR) is 112 cm³/mol. The van der Waals surface area contributed by atoms with E-state index in [4.69, 9.17) is 0 Å². The molecule has 0 atom stereocenters. The minimum Gasteiger partial charge on any atom is -0.336 e. The summed E-state index contributed by atoms with van der Waals surface area (Å²) < 4.78 is 1.91. The number of para-hydroxylation sites is 1. The molecule has 29 heavy (non-hydrogen) atoms. The van der Waals surface area contributed by atoms with E-state index in [2.05, 4.69) is 25.8 Å². The van der Waals surface area contributed by atoms with E-state index in [0.717, 1.165) is 16.8 Å². The van der Waals surface area contributed by atoms with Crippen LogP contribution in [0.5, 0.6) is 0 Å². The van der Waals surface area contributed by atoms with Gasteiger partial charge in [-0.2, -0.15) is 0 Å². The Bertz CT molecular complexity index is 1000. The van der Waals surface area contributed by atoms with Gasteiger partial charge >= 0.3 is 6.03 Å². The third-order valence-electron chi connectivity index (χ3n) is 3.93. The quantitative estimate of drug-likeness (QED) is 0.606. The molecule has 0 saturated heterocycles. The van der Waals surface area contributed by atoms with Gasteiger partial charge in [-0.3, -0.25) is 19.7 Å². The molecule has 0 radical (unpaired) electrons. The van der Waals surface area contributed by atoms with Crippen molar-refractivity contribution in [3.8, 4) is 17.1 Å². The average molecular weight is 411 g/mol. The number of imide groups is 1. The summed E-state index contributed by atoms with van der Waals surface area (Å²) in [5.41, 5.74) is 2.83. The summed E-state index contributed by atoms with van der Waals surface area (Å²) in [5.74, 6) is 0.284. The van der Waals surface area contributed by atoms with E-state index in [1.54, 1.807) is 12.4 Å². The summed E-state index contributed by atoms with van der Waals surface area (Å²) in [4.78, 5) is 27.9. The van der Waals surface area contributed by atoms with Gasteiger partial charge in [0.05, 0.1) is 11.4 Å². The number of benzene rings is 1. The number of rotatable bonds is 6. The summed E-state index contributed by atoms with van der Waals surface area (Å²) in [7, 11) is 0. The minimum atomic E-state index is -0.511. The van der Waals surface area contributed by atoms with Crippen molar-refractivity contribution in [2.75, 3.05) is 5.75 Å². The summed E-state index contributed by atoms with van der Waals surface area (Å²) in [6, 6.07) is 11.0. The number of carbonyl (C=O) groups is 2. The third-order valence-corrected chi connectivity index (χ3v) is 4.86. The maximum Gasteiger partial charge on any atom is 0.321 e. The monoisotopic (exact) mass is 410 g/mol. The first-order valence-corrected chi connectivity index (χ1v) is 10.1. The largest absolute Gasteiger partial charge is 0.336 e. The Morgan fingerprint density at radius 1 is 1.10 bits per heavy atom. The van der Waals surface area contributed by atoms with Gasteiger partial charge < -0.3 is 5.32 Å². The van der Waals surface area contributed by atoms with Crippen LogP contribution in [0.3, 0.4) is 0 Å². The van der Waals surface area contributed by atoms with E-state index in [0.29, 0.717) is 11.0 Å². The van der Waals surface area contributed by atoms with Gasteiger partial charge in [0.2, 0.25) is 5.91 Å². The van der Waals surface area contributed by atoms with Crippen LogP contribution < -0.4 is 10.6 Å². The number of carbonyl (C=O) groups excluding carboxylic acids is 2. The molecule has 8 nitrogen and oxygen atoms in total. The predicted octanol–water partition coefficient (Wildman–Crippen LogP) is 2.96. The Kier molecular flexibility index (Phi) is 6.61. The van der Waals surface area contributed by atoms with Crippen molar-refractivity contribution in [1.82, 2.24) is 30.4 Å². The number of aryl methyl sites for hydroxylation is 1. The summed E-state index contributed by atoms with van der Waals surface area (Å²) >= 11 is 1.22. The van der Waals surface area contributed by atoms with Gasteiger partial charge in [-0.1, -0.05) is 30.0 Å². The number of hydrogen-bond donors (Lipinski definition) is 2. The van der Waals surface area contributed by atoms with Crippen molar-refractivity contribution in [2.45, 2.75) is 32.0 Å². The summed E-state index contributed by atoms with van der Waals surface area (Å²) in [6.07, 6.45) is 3.39. The molecule has 150 valence electrons. The van der Waals surface area contributed by atoms with E-state index in [1.807, 2.05) is 61.7 Å². The fourth-order valence-electron chi connectivity index (χ4n) is 2.67. The first-order valence-electron chi connectivity index (χ1n) is 9.10. The van der Waals surface area contributed by atoms with Crippen LogP contribution in [0.2, 0.25) is 0 Å². The fraction of sp³-hybridized carbons (Fsp3) is 0.250. The molecular weight excluding hydrogens is 388 g/mol. The molecule has 0 aliphatic carbocycles. The normalized spacial score (nSPS) is 10.8. The number of hydrogen-bond acceptors (Lipinski definition) is 6. The van der Waals surface area contributed by atoms with E-state index in [9.17, 15) is 9.59 Å². The molecule has 3 aromatic rings. The number of nitrogens with one attached hydrogen (secondary N) is 2. The Labute approximate surface area is 173 Å². The molecule has 0 saturated carbocycles. The molecule has 0 fully saturated rings. The lowest BCUT2D eigenvalue weighted by molar-refractivity contribution is -0.117. The zero-order chi connectivity index (χ0) is 20.8. The van der Waals surface area contributed by atoms with Crippen molar-refractivity contribution in [3.63, 3.8) is 0 Å². The molecule has 2 aromatic heterocycles. The zero-order valence-electron chi connectivity index (χ0n) is 16.4. The maximum atomic E-state index is 12.1. The van der Waals surface area contributed by atoms with E-state index in [-0.39, 0.29) is 11.8 Å². The Hall–Kier alpha value is -3.20. The number of nitrogens with zero attached hydrogens (tertiary/aromatic N) is 4. The zero-order valence-corrected chi connectivity index (χ0v) is 17.2. The highest BCUT2D eigenvalue weighted by molar-refractivity contribution is 7.99. The highest BCUT2D eigenvalue weighted by Gasteiger charge is 2.19. The molecule has 2 heterocycles. The molecule has 0 bridgehead atoms. The van der Waals surface area contributed by atoms with Crippen LogP contribution in [0.25, 0.3) is 17.1 Å². The molecule has 0 spiro atoms. The second-order valence-electron chi connectivity index (χ2n) is 6.63. The fourth-order valence-corrected chi connectivity index (χ4v) is 3.42. The Balaban J connectivity index is 1.86. The van der Waals surface area contributed by atoms with Crippen LogP contribution in [0.4, 0.5) is 4.79 Å². The highest BCUT2D eigenvalue weighted by atomic mass is 32.2. The van der Waals surface area contributed by atoms with Crippen molar-refractivity contribution >= 4 is 23.7 Å². The minimum absolute atomic E-state index is 0.0336. The van der Waals surface area contributed by atoms with Crippen LogP contribution >= 0.6 is 11.8 Å². The molecule has 0 aliphatic heterocycles. The van der Waals surface area contributed by atoms with E-state index in [1.165, 1.54) is 11.8 Å². The SMILES string of the molecule is Cc1ccccc1-n1c(SCC(=O)NC(=O)NC(C)C)nnc1-c1ccncc1. The molecule has 1 aromatic carbocycles. The van der Waals surface area contributed by atoms with Crippen molar-refractivity contribution in [3.05, 3.63) is 54.4 Å². The maximum absolute atomic E-state index is 12.1. The van der Waals surface area contributed by atoms with Gasteiger partial charge in [-0.05, 0) is 44.5 Å². The number of urea groups is 1. The first kappa shape index (κ1) is 20.5. The molecular formula is C20H22N6O2S. The van der Waals surface area contributed by atoms with Gasteiger partial charge in [0, 0.05) is 24.0 Å². The van der Waals surface area contributed by atoms with Gasteiger partial charge in [-0.25, -0.2) is 4.79 Å². The second-order valence-corrected chi connectivity index (χ2v) is 7.57.